The van der Waals surface area contributed by atoms with Crippen LogP contribution in [0, 0.1) is 11.6 Å². The Kier molecular flexibility index (Phi) is 4.58. The van der Waals surface area contributed by atoms with E-state index in [1.807, 2.05) is 0 Å². The van der Waals surface area contributed by atoms with Gasteiger partial charge >= 0.3 is 0 Å². The molecule has 1 aromatic carbocycles. The second-order valence-corrected chi connectivity index (χ2v) is 7.00. The number of hydrogen-bond acceptors (Lipinski definition) is 2. The Labute approximate surface area is 119 Å². The van der Waals surface area contributed by atoms with Crippen molar-refractivity contribution in [3.05, 3.63) is 29.8 Å². The Morgan fingerprint density at radius 3 is 2.74 bits per heavy atom. The number of alkyl halides is 1. The molecular weight excluding hydrogens is 340 g/mol. The van der Waals surface area contributed by atoms with Crippen LogP contribution in [0.2, 0.25) is 0 Å². The van der Waals surface area contributed by atoms with Gasteiger partial charge in [0.1, 0.15) is 16.5 Å². The summed E-state index contributed by atoms with van der Waals surface area (Å²) in [5.41, 5.74) is 0. The first-order valence-electron chi connectivity index (χ1n) is 5.99. The van der Waals surface area contributed by atoms with Gasteiger partial charge < -0.3 is 0 Å². The van der Waals surface area contributed by atoms with Crippen molar-refractivity contribution in [1.29, 1.82) is 0 Å². The minimum Gasteiger partial charge on any atom is -0.207 e. The van der Waals surface area contributed by atoms with Crippen molar-refractivity contribution < 1.29 is 17.2 Å². The van der Waals surface area contributed by atoms with Gasteiger partial charge in [-0.2, -0.15) is 4.31 Å². The molecule has 3 nitrogen and oxygen atoms in total. The molecule has 1 saturated heterocycles. The number of rotatable bonds is 3. The molecular formula is C12H14BrF2NO2S. The van der Waals surface area contributed by atoms with Crippen molar-refractivity contribution in [2.45, 2.75) is 30.2 Å². The van der Waals surface area contributed by atoms with Crippen LogP contribution in [0.15, 0.2) is 23.1 Å². The third-order valence-electron chi connectivity index (χ3n) is 3.23. The lowest BCUT2D eigenvalue weighted by molar-refractivity contribution is 0.272. The van der Waals surface area contributed by atoms with E-state index in [0.717, 1.165) is 37.5 Å². The molecule has 1 fully saturated rings. The average molecular weight is 354 g/mol. The van der Waals surface area contributed by atoms with Crippen molar-refractivity contribution in [2.24, 2.45) is 0 Å². The van der Waals surface area contributed by atoms with Crippen molar-refractivity contribution in [1.82, 2.24) is 4.31 Å². The fourth-order valence-electron chi connectivity index (χ4n) is 2.25. The quantitative estimate of drug-likeness (QED) is 0.783. The largest absolute Gasteiger partial charge is 0.246 e. The predicted molar refractivity (Wildman–Crippen MR) is 71.7 cm³/mol. The molecule has 0 aromatic heterocycles. The summed E-state index contributed by atoms with van der Waals surface area (Å²) in [6.07, 6.45) is 2.40. The van der Waals surface area contributed by atoms with Gasteiger partial charge in [0.25, 0.3) is 0 Å². The monoisotopic (exact) mass is 353 g/mol. The molecule has 1 atom stereocenters. The molecule has 7 heteroatoms. The van der Waals surface area contributed by atoms with Gasteiger partial charge in [-0.25, -0.2) is 17.2 Å². The van der Waals surface area contributed by atoms with E-state index in [1.54, 1.807) is 0 Å². The summed E-state index contributed by atoms with van der Waals surface area (Å²) in [4.78, 5) is -0.583. The molecule has 0 radical (unpaired) electrons. The van der Waals surface area contributed by atoms with Gasteiger partial charge in [-0.1, -0.05) is 22.4 Å². The van der Waals surface area contributed by atoms with Gasteiger partial charge in [-0.3, -0.25) is 0 Å². The van der Waals surface area contributed by atoms with E-state index in [-0.39, 0.29) is 6.04 Å². The normalized spacial score (nSPS) is 21.5. The van der Waals surface area contributed by atoms with Crippen LogP contribution in [0.5, 0.6) is 0 Å². The molecule has 0 amide bonds. The minimum absolute atomic E-state index is 0.207. The van der Waals surface area contributed by atoms with Crippen molar-refractivity contribution >= 4 is 26.0 Å². The molecule has 2 rings (SSSR count). The first-order valence-corrected chi connectivity index (χ1v) is 8.56. The van der Waals surface area contributed by atoms with Gasteiger partial charge in [0.2, 0.25) is 10.0 Å². The van der Waals surface area contributed by atoms with Gasteiger partial charge in [0, 0.05) is 17.9 Å². The number of piperidine rings is 1. The summed E-state index contributed by atoms with van der Waals surface area (Å²) < 4.78 is 53.0. The van der Waals surface area contributed by atoms with E-state index in [4.69, 9.17) is 0 Å². The molecule has 106 valence electrons. The summed E-state index contributed by atoms with van der Waals surface area (Å²) in [7, 11) is -3.99. The van der Waals surface area contributed by atoms with E-state index >= 15 is 0 Å². The van der Waals surface area contributed by atoms with Crippen molar-refractivity contribution in [3.8, 4) is 0 Å². The highest BCUT2D eigenvalue weighted by atomic mass is 79.9. The smallest absolute Gasteiger partial charge is 0.207 e. The van der Waals surface area contributed by atoms with Crippen LogP contribution in [0.3, 0.4) is 0 Å². The van der Waals surface area contributed by atoms with Crippen LogP contribution in [-0.4, -0.2) is 30.6 Å². The second kappa shape index (κ2) is 5.85. The maximum Gasteiger partial charge on any atom is 0.246 e. The Morgan fingerprint density at radius 2 is 2.05 bits per heavy atom. The molecule has 19 heavy (non-hydrogen) atoms. The zero-order valence-electron chi connectivity index (χ0n) is 10.2. The fourth-order valence-corrected chi connectivity index (χ4v) is 4.88. The van der Waals surface area contributed by atoms with Gasteiger partial charge in [0.15, 0.2) is 0 Å². The molecule has 0 saturated carbocycles. The average Bonchev–Trinajstić information content (AvgIpc) is 2.41. The van der Waals surface area contributed by atoms with Crippen LogP contribution in [-0.2, 0) is 10.0 Å². The molecule has 1 aliphatic heterocycles. The molecule has 1 unspecified atom stereocenters. The predicted octanol–water partition coefficient (Wildman–Crippen LogP) is 2.90. The highest BCUT2D eigenvalue weighted by Crippen LogP contribution is 2.28. The van der Waals surface area contributed by atoms with Crippen molar-refractivity contribution in [3.63, 3.8) is 0 Å². The molecule has 1 heterocycles. The number of benzene rings is 1. The first kappa shape index (κ1) is 14.9. The van der Waals surface area contributed by atoms with Crippen LogP contribution >= 0.6 is 15.9 Å². The lowest BCUT2D eigenvalue weighted by atomic mass is 10.1. The Morgan fingerprint density at radius 1 is 1.32 bits per heavy atom. The maximum absolute atomic E-state index is 13.7. The molecule has 0 spiro atoms. The van der Waals surface area contributed by atoms with E-state index < -0.39 is 26.6 Å². The summed E-state index contributed by atoms with van der Waals surface area (Å²) in [5, 5.41) is 0.489. The maximum atomic E-state index is 13.7. The van der Waals surface area contributed by atoms with E-state index in [9.17, 15) is 17.2 Å². The SMILES string of the molecule is O=S(=O)(c1cc(F)ccc1F)N1CCCCC1CBr. The van der Waals surface area contributed by atoms with Crippen LogP contribution in [0.1, 0.15) is 19.3 Å². The van der Waals surface area contributed by atoms with Crippen molar-refractivity contribution in [2.75, 3.05) is 11.9 Å². The topological polar surface area (TPSA) is 37.4 Å². The van der Waals surface area contributed by atoms with E-state index in [2.05, 4.69) is 15.9 Å². The molecule has 1 aliphatic rings. The summed E-state index contributed by atoms with van der Waals surface area (Å²) in [6, 6.07) is 2.29. The fraction of sp³-hybridized carbons (Fsp3) is 0.500. The standard InChI is InChI=1S/C12H14BrF2NO2S/c13-8-10-3-1-2-6-16(10)19(17,18)12-7-9(14)4-5-11(12)15/h4-5,7,10H,1-3,6,8H2. The molecule has 0 bridgehead atoms. The summed E-state index contributed by atoms with van der Waals surface area (Å²) in [5.74, 6) is -1.67. The number of halogens is 3. The van der Waals surface area contributed by atoms with E-state index in [0.29, 0.717) is 11.9 Å². The Bertz CT molecular complexity index is 565. The second-order valence-electron chi connectivity index (χ2n) is 4.49. The lowest BCUT2D eigenvalue weighted by Gasteiger charge is -2.33. The minimum atomic E-state index is -3.99. The highest BCUT2D eigenvalue weighted by Gasteiger charge is 2.34. The van der Waals surface area contributed by atoms with E-state index in [1.165, 1.54) is 4.31 Å². The third-order valence-corrected chi connectivity index (χ3v) is 5.95. The van der Waals surface area contributed by atoms with Gasteiger partial charge in [-0.05, 0) is 31.0 Å². The zero-order valence-corrected chi connectivity index (χ0v) is 12.6. The summed E-state index contributed by atoms with van der Waals surface area (Å²) in [6.45, 7) is 0.342. The number of sulfonamides is 1. The van der Waals surface area contributed by atoms with Crippen LogP contribution in [0.25, 0.3) is 0 Å². The first-order chi connectivity index (χ1) is 8.96. The number of nitrogens with zero attached hydrogens (tertiary/aromatic N) is 1. The molecule has 0 N–H and O–H groups in total. The Balaban J connectivity index is 2.43. The molecule has 1 aromatic rings. The van der Waals surface area contributed by atoms with Crippen LogP contribution in [0.4, 0.5) is 8.78 Å². The molecule has 0 aliphatic carbocycles. The number of hydrogen-bond donors (Lipinski definition) is 0. The third kappa shape index (κ3) is 2.98. The van der Waals surface area contributed by atoms with Crippen LogP contribution < -0.4 is 0 Å². The lowest BCUT2D eigenvalue weighted by Crippen LogP contribution is -2.44. The van der Waals surface area contributed by atoms with Gasteiger partial charge in [0.05, 0.1) is 0 Å². The Hall–Kier alpha value is -0.530. The summed E-state index contributed by atoms with van der Waals surface area (Å²) >= 11 is 3.28. The highest BCUT2D eigenvalue weighted by molar-refractivity contribution is 9.09. The van der Waals surface area contributed by atoms with Gasteiger partial charge in [-0.15, -0.1) is 0 Å². The zero-order chi connectivity index (χ0) is 14.0.